The molecule has 0 spiro atoms. The molecule has 0 saturated carbocycles. The van der Waals surface area contributed by atoms with Gasteiger partial charge in [0, 0.05) is 0 Å². The van der Waals surface area contributed by atoms with Crippen molar-refractivity contribution in [3.63, 3.8) is 0 Å². The molecule has 29 heavy (non-hydrogen) atoms. The number of hydrogen-bond acceptors (Lipinski definition) is 0. The van der Waals surface area contributed by atoms with Crippen LogP contribution in [0.2, 0.25) is 0 Å². The third kappa shape index (κ3) is 23.5. The maximum absolute atomic E-state index is 6.33. The molecule has 0 aromatic rings. The van der Waals surface area contributed by atoms with E-state index in [1.807, 2.05) is 0 Å². The zero-order valence-electron chi connectivity index (χ0n) is 20.5. The first-order valence-corrected chi connectivity index (χ1v) is 13.6. The van der Waals surface area contributed by atoms with E-state index in [4.69, 9.17) is 11.6 Å². The number of unbranched alkanes of at least 4 members (excludes halogenated alkanes) is 18. The van der Waals surface area contributed by atoms with Crippen molar-refractivity contribution in [3.8, 4) is 0 Å². The number of quaternary nitrogens is 1. The van der Waals surface area contributed by atoms with Gasteiger partial charge in [-0.3, -0.25) is 0 Å². The average molecular weight is 544 g/mol. The van der Waals surface area contributed by atoms with Gasteiger partial charge < -0.3 is 28.5 Å². The molecule has 0 radical (unpaired) electrons. The molecule has 1 nitrogen and oxygen atoms in total. The average Bonchev–Trinajstić information content (AvgIpc) is 2.71. The number of halogens is 2. The molecule has 0 aromatic heterocycles. The Morgan fingerprint density at radius 2 is 0.690 bits per heavy atom. The summed E-state index contributed by atoms with van der Waals surface area (Å²) in [5.41, 5.74) is 0. The van der Waals surface area contributed by atoms with E-state index in [0.29, 0.717) is 0 Å². The van der Waals surface area contributed by atoms with Crippen LogP contribution in [0.15, 0.2) is 0 Å². The van der Waals surface area contributed by atoms with Crippen molar-refractivity contribution in [3.05, 3.63) is 0 Å². The molecule has 0 unspecified atom stereocenters. The monoisotopic (exact) mass is 543 g/mol. The van der Waals surface area contributed by atoms with Crippen LogP contribution in [-0.2, 0) is 0 Å². The molecule has 0 aromatic carbocycles. The maximum Gasteiger partial charge on any atom is 0.154 e. The lowest BCUT2D eigenvalue weighted by molar-refractivity contribution is -0.899. The van der Waals surface area contributed by atoms with Gasteiger partial charge in [0.2, 0.25) is 0 Å². The molecule has 0 bridgehead atoms. The number of alkyl halides is 1. The molecular weight excluding hydrogens is 489 g/mol. The molecule has 3 heteroatoms. The van der Waals surface area contributed by atoms with E-state index < -0.39 is 0 Å². The molecule has 0 aliphatic rings. The van der Waals surface area contributed by atoms with Crippen molar-refractivity contribution in [2.24, 2.45) is 0 Å². The van der Waals surface area contributed by atoms with Crippen molar-refractivity contribution in [1.29, 1.82) is 0 Å². The lowest BCUT2D eigenvalue weighted by Crippen LogP contribution is -3.00. The van der Waals surface area contributed by atoms with Crippen molar-refractivity contribution < 1.29 is 28.5 Å². The molecule has 178 valence electrons. The first-order valence-electron chi connectivity index (χ1n) is 13.1. The van der Waals surface area contributed by atoms with Gasteiger partial charge in [0.25, 0.3) is 0 Å². The fourth-order valence-electron chi connectivity index (χ4n) is 4.19. The van der Waals surface area contributed by atoms with E-state index in [1.54, 1.807) is 0 Å². The Morgan fingerprint density at radius 1 is 0.448 bits per heavy atom. The SMILES string of the molecule is CCCCCCCCCCCC[N+](C)(CCl)CCCCCCCCCCCC.[I-]. The second kappa shape index (κ2) is 25.2. The minimum absolute atomic E-state index is 0. The zero-order valence-corrected chi connectivity index (χ0v) is 23.4. The number of nitrogens with zero attached hydrogens (tertiary/aromatic N) is 1. The number of rotatable bonds is 23. The van der Waals surface area contributed by atoms with Crippen LogP contribution in [-0.4, -0.2) is 30.6 Å². The fraction of sp³-hybridized carbons (Fsp3) is 1.00. The van der Waals surface area contributed by atoms with Gasteiger partial charge in [0.1, 0.15) is 0 Å². The Labute approximate surface area is 207 Å². The Hall–Kier alpha value is 0.980. The van der Waals surface area contributed by atoms with Crippen LogP contribution in [0.3, 0.4) is 0 Å². The van der Waals surface area contributed by atoms with Crippen LogP contribution >= 0.6 is 11.6 Å². The summed E-state index contributed by atoms with van der Waals surface area (Å²) in [7, 11) is 2.37. The Balaban J connectivity index is 0. The van der Waals surface area contributed by atoms with E-state index in [9.17, 15) is 0 Å². The van der Waals surface area contributed by atoms with E-state index in [1.165, 1.54) is 142 Å². The van der Waals surface area contributed by atoms with Gasteiger partial charge in [0.15, 0.2) is 6.00 Å². The lowest BCUT2D eigenvalue weighted by atomic mass is 10.1. The van der Waals surface area contributed by atoms with Crippen molar-refractivity contribution in [2.45, 2.75) is 142 Å². The molecule has 0 atom stereocenters. The summed E-state index contributed by atoms with van der Waals surface area (Å²) >= 11 is 6.33. The largest absolute Gasteiger partial charge is 1.00 e. The normalized spacial score (nSPS) is 11.6. The van der Waals surface area contributed by atoms with Crippen molar-refractivity contribution in [1.82, 2.24) is 0 Å². The highest BCUT2D eigenvalue weighted by molar-refractivity contribution is 6.16. The van der Waals surface area contributed by atoms with Crippen LogP contribution in [0, 0.1) is 0 Å². The highest BCUT2D eigenvalue weighted by Crippen LogP contribution is 2.16. The molecule has 0 heterocycles. The summed E-state index contributed by atoms with van der Waals surface area (Å²) in [6.07, 6.45) is 28.4. The lowest BCUT2D eigenvalue weighted by Gasteiger charge is -2.32. The van der Waals surface area contributed by atoms with Gasteiger partial charge in [-0.2, -0.15) is 0 Å². The molecule has 0 saturated heterocycles. The van der Waals surface area contributed by atoms with E-state index in [-0.39, 0.29) is 24.0 Å². The van der Waals surface area contributed by atoms with Crippen LogP contribution < -0.4 is 24.0 Å². The first kappa shape index (κ1) is 32.2. The van der Waals surface area contributed by atoms with Crippen LogP contribution in [0.25, 0.3) is 0 Å². The van der Waals surface area contributed by atoms with E-state index >= 15 is 0 Å². The van der Waals surface area contributed by atoms with Gasteiger partial charge >= 0.3 is 0 Å². The maximum atomic E-state index is 6.33. The van der Waals surface area contributed by atoms with Gasteiger partial charge in [-0.1, -0.05) is 128 Å². The van der Waals surface area contributed by atoms with Gasteiger partial charge in [-0.05, 0) is 25.7 Å². The third-order valence-corrected chi connectivity index (χ3v) is 6.97. The van der Waals surface area contributed by atoms with Crippen molar-refractivity contribution >= 4 is 11.6 Å². The molecule has 0 aliphatic carbocycles. The van der Waals surface area contributed by atoms with Crippen LogP contribution in [0.5, 0.6) is 0 Å². The van der Waals surface area contributed by atoms with Crippen LogP contribution in [0.1, 0.15) is 142 Å². The van der Waals surface area contributed by atoms with E-state index in [2.05, 4.69) is 20.9 Å². The summed E-state index contributed by atoms with van der Waals surface area (Å²) in [5, 5.41) is 0. The quantitative estimate of drug-likeness (QED) is 0.0455. The number of hydrogen-bond donors (Lipinski definition) is 0. The van der Waals surface area contributed by atoms with Gasteiger partial charge in [-0.25, -0.2) is 0 Å². The third-order valence-electron chi connectivity index (χ3n) is 6.39. The first-order chi connectivity index (χ1) is 13.7. The predicted molar refractivity (Wildman–Crippen MR) is 130 cm³/mol. The highest BCUT2D eigenvalue weighted by atomic mass is 127. The van der Waals surface area contributed by atoms with Gasteiger partial charge in [0.05, 0.1) is 20.1 Å². The topological polar surface area (TPSA) is 0 Å². The summed E-state index contributed by atoms with van der Waals surface area (Å²) in [4.78, 5) is 0. The summed E-state index contributed by atoms with van der Waals surface area (Å²) < 4.78 is 1.08. The molecule has 0 fully saturated rings. The molecular formula is C26H55ClIN. The minimum Gasteiger partial charge on any atom is -1.00 e. The summed E-state index contributed by atoms with van der Waals surface area (Å²) in [5.74, 6) is 0. The Bertz CT molecular complexity index is 274. The molecule has 0 aliphatic heterocycles. The Morgan fingerprint density at radius 3 is 0.931 bits per heavy atom. The smallest absolute Gasteiger partial charge is 0.154 e. The Kier molecular flexibility index (Phi) is 28.0. The second-order valence-electron chi connectivity index (χ2n) is 9.55. The zero-order chi connectivity index (χ0) is 20.8. The highest BCUT2D eigenvalue weighted by Gasteiger charge is 2.18. The fourth-order valence-corrected chi connectivity index (χ4v) is 4.43. The predicted octanol–water partition coefficient (Wildman–Crippen LogP) is 6.48. The second-order valence-corrected chi connectivity index (χ2v) is 9.79. The molecule has 0 rings (SSSR count). The summed E-state index contributed by atoms with van der Waals surface area (Å²) in [6, 6.07) is 0.787. The minimum atomic E-state index is 0. The van der Waals surface area contributed by atoms with E-state index in [0.717, 1.165) is 10.5 Å². The standard InChI is InChI=1S/C26H55ClN.HI/c1-4-6-8-10-12-14-16-18-20-22-24-28(3,26-27)25-23-21-19-17-15-13-11-9-7-5-2;/h4-26H2,1-3H3;1H/q+1;/p-1. The summed E-state index contributed by atoms with van der Waals surface area (Å²) in [6.45, 7) is 7.14. The molecule has 0 amide bonds. The molecule has 0 N–H and O–H groups in total. The van der Waals surface area contributed by atoms with Gasteiger partial charge in [-0.15, -0.1) is 0 Å². The van der Waals surface area contributed by atoms with Crippen LogP contribution in [0.4, 0.5) is 0 Å². The van der Waals surface area contributed by atoms with Crippen molar-refractivity contribution in [2.75, 3.05) is 26.1 Å².